The van der Waals surface area contributed by atoms with Crippen molar-refractivity contribution in [2.75, 3.05) is 4.98 Å². The number of hydrogen-bond acceptors (Lipinski definition) is 2. The summed E-state index contributed by atoms with van der Waals surface area (Å²) in [7, 11) is -1.76. The Hall–Kier alpha value is -0.803. The predicted octanol–water partition coefficient (Wildman–Crippen LogP) is 3.23. The third-order valence-corrected chi connectivity index (χ3v) is 3.70. The minimum Gasteiger partial charge on any atom is -0.397 e. The van der Waals surface area contributed by atoms with Crippen molar-refractivity contribution in [1.82, 2.24) is 0 Å². The van der Waals surface area contributed by atoms with E-state index < -0.39 is 8.48 Å². The number of anilines is 1. The average Bonchev–Trinajstić information content (AvgIpc) is 2.02. The van der Waals surface area contributed by atoms with Crippen molar-refractivity contribution < 1.29 is 4.43 Å². The van der Waals surface area contributed by atoms with Gasteiger partial charge in [-0.2, -0.15) is 0 Å². The van der Waals surface area contributed by atoms with Gasteiger partial charge in [-0.1, -0.05) is 18.2 Å². The van der Waals surface area contributed by atoms with Crippen LogP contribution in [0.4, 0.5) is 5.69 Å². The van der Waals surface area contributed by atoms with Gasteiger partial charge in [-0.05, 0) is 39.1 Å². The monoisotopic (exact) mass is 209 g/mol. The van der Waals surface area contributed by atoms with Crippen molar-refractivity contribution >= 4 is 14.2 Å². The second-order valence-corrected chi connectivity index (χ2v) is 7.67. The third kappa shape index (κ3) is 3.94. The molecule has 0 spiro atoms. The summed E-state index contributed by atoms with van der Waals surface area (Å²) in [6, 6.07) is 10.2. The van der Waals surface area contributed by atoms with E-state index in [-0.39, 0.29) is 6.10 Å². The lowest BCUT2D eigenvalue weighted by Gasteiger charge is -2.27. The molecule has 78 valence electrons. The van der Waals surface area contributed by atoms with E-state index in [1.807, 2.05) is 18.2 Å². The molecule has 1 rings (SSSR count). The summed E-state index contributed by atoms with van der Waals surface area (Å²) in [6.45, 7) is 8.48. The zero-order valence-corrected chi connectivity index (χ0v) is 10.4. The highest BCUT2D eigenvalue weighted by Gasteiger charge is 2.23. The van der Waals surface area contributed by atoms with E-state index in [1.54, 1.807) is 0 Å². The molecule has 0 aliphatic carbocycles. The molecule has 1 aromatic carbocycles. The zero-order valence-electron chi connectivity index (χ0n) is 9.37. The molecule has 0 heterocycles. The molecule has 0 unspecified atom stereocenters. The van der Waals surface area contributed by atoms with Gasteiger partial charge in [-0.3, -0.25) is 0 Å². The van der Waals surface area contributed by atoms with Gasteiger partial charge in [0.2, 0.25) is 0 Å². The smallest absolute Gasteiger partial charge is 0.292 e. The van der Waals surface area contributed by atoms with Gasteiger partial charge in [0.15, 0.2) is 0 Å². The van der Waals surface area contributed by atoms with Crippen LogP contribution >= 0.6 is 0 Å². The number of para-hydroxylation sites is 1. The molecular formula is C11H19NOSi. The summed E-state index contributed by atoms with van der Waals surface area (Å²) >= 11 is 0. The standard InChI is InChI=1S/C11H19NOSi/c1-10(2)13-14(3,4)12-11-8-6-5-7-9-11/h5-10,12H,1-4H3. The van der Waals surface area contributed by atoms with E-state index in [2.05, 4.69) is 44.1 Å². The Morgan fingerprint density at radius 1 is 1.14 bits per heavy atom. The largest absolute Gasteiger partial charge is 0.397 e. The molecule has 0 aromatic heterocycles. The van der Waals surface area contributed by atoms with E-state index in [1.165, 1.54) is 0 Å². The van der Waals surface area contributed by atoms with Gasteiger partial charge in [0, 0.05) is 11.8 Å². The zero-order chi connectivity index (χ0) is 10.6. The number of benzene rings is 1. The second-order valence-electron chi connectivity index (χ2n) is 4.17. The molecule has 0 bridgehead atoms. The van der Waals surface area contributed by atoms with Crippen LogP contribution in [0.3, 0.4) is 0 Å². The van der Waals surface area contributed by atoms with E-state index in [0.29, 0.717) is 0 Å². The lowest BCUT2D eigenvalue weighted by atomic mass is 10.3. The summed E-state index contributed by atoms with van der Waals surface area (Å²) in [5.41, 5.74) is 1.14. The maximum Gasteiger partial charge on any atom is 0.292 e. The van der Waals surface area contributed by atoms with E-state index >= 15 is 0 Å². The van der Waals surface area contributed by atoms with Gasteiger partial charge in [0.05, 0.1) is 0 Å². The Morgan fingerprint density at radius 2 is 1.71 bits per heavy atom. The van der Waals surface area contributed by atoms with Crippen molar-refractivity contribution in [2.45, 2.75) is 33.0 Å². The Labute approximate surface area is 87.5 Å². The number of hydrogen-bond donors (Lipinski definition) is 1. The molecule has 0 saturated carbocycles. The van der Waals surface area contributed by atoms with Crippen LogP contribution in [0.25, 0.3) is 0 Å². The maximum absolute atomic E-state index is 5.87. The molecule has 0 atom stereocenters. The maximum atomic E-state index is 5.87. The Kier molecular flexibility index (Phi) is 3.72. The SMILES string of the molecule is CC(C)O[Si](C)(C)Nc1ccccc1. The first-order valence-electron chi connectivity index (χ1n) is 5.01. The summed E-state index contributed by atoms with van der Waals surface area (Å²) in [5.74, 6) is 0. The number of nitrogens with one attached hydrogen (secondary N) is 1. The number of rotatable bonds is 4. The van der Waals surface area contributed by atoms with Crippen molar-refractivity contribution in [3.8, 4) is 0 Å². The summed E-state index contributed by atoms with van der Waals surface area (Å²) in [4.78, 5) is 3.47. The van der Waals surface area contributed by atoms with Gasteiger partial charge in [0.25, 0.3) is 8.48 Å². The van der Waals surface area contributed by atoms with Crippen LogP contribution < -0.4 is 4.98 Å². The highest BCUT2D eigenvalue weighted by atomic mass is 28.4. The first kappa shape index (κ1) is 11.3. The molecule has 3 heteroatoms. The fraction of sp³-hybridized carbons (Fsp3) is 0.455. The van der Waals surface area contributed by atoms with Gasteiger partial charge in [-0.25, -0.2) is 0 Å². The Balaban J connectivity index is 2.59. The third-order valence-electron chi connectivity index (χ3n) is 1.75. The van der Waals surface area contributed by atoms with Crippen molar-refractivity contribution in [2.24, 2.45) is 0 Å². The first-order chi connectivity index (χ1) is 6.49. The summed E-state index contributed by atoms with van der Waals surface area (Å²) in [5, 5.41) is 0. The molecule has 0 aliphatic heterocycles. The van der Waals surface area contributed by atoms with Crippen molar-refractivity contribution in [3.63, 3.8) is 0 Å². The average molecular weight is 209 g/mol. The molecule has 2 nitrogen and oxygen atoms in total. The Morgan fingerprint density at radius 3 is 2.21 bits per heavy atom. The van der Waals surface area contributed by atoms with Crippen LogP contribution in [0.15, 0.2) is 30.3 Å². The topological polar surface area (TPSA) is 21.3 Å². The molecule has 14 heavy (non-hydrogen) atoms. The molecule has 1 N–H and O–H groups in total. The van der Waals surface area contributed by atoms with Crippen molar-refractivity contribution in [3.05, 3.63) is 30.3 Å². The lowest BCUT2D eigenvalue weighted by molar-refractivity contribution is 0.235. The van der Waals surface area contributed by atoms with Gasteiger partial charge in [-0.15, -0.1) is 0 Å². The molecule has 0 amide bonds. The van der Waals surface area contributed by atoms with Crippen molar-refractivity contribution in [1.29, 1.82) is 0 Å². The molecule has 1 aromatic rings. The fourth-order valence-electron chi connectivity index (χ4n) is 1.49. The van der Waals surface area contributed by atoms with E-state index in [0.717, 1.165) is 5.69 Å². The van der Waals surface area contributed by atoms with Crippen LogP contribution in [-0.2, 0) is 4.43 Å². The highest BCUT2D eigenvalue weighted by molar-refractivity contribution is 6.74. The van der Waals surface area contributed by atoms with Crippen LogP contribution in [0, 0.1) is 0 Å². The second kappa shape index (κ2) is 4.62. The minimum absolute atomic E-state index is 0.285. The molecule has 0 saturated heterocycles. The molecule has 0 aliphatic rings. The molecule has 0 radical (unpaired) electrons. The summed E-state index contributed by atoms with van der Waals surface area (Å²) < 4.78 is 5.87. The van der Waals surface area contributed by atoms with Crippen LogP contribution in [0.1, 0.15) is 13.8 Å². The Bertz CT molecular complexity index is 272. The van der Waals surface area contributed by atoms with Crippen LogP contribution in [0.2, 0.25) is 13.1 Å². The summed E-state index contributed by atoms with van der Waals surface area (Å²) in [6.07, 6.45) is 0.285. The normalized spacial score (nSPS) is 11.8. The highest BCUT2D eigenvalue weighted by Crippen LogP contribution is 2.14. The predicted molar refractivity (Wildman–Crippen MR) is 63.8 cm³/mol. The van der Waals surface area contributed by atoms with E-state index in [9.17, 15) is 0 Å². The van der Waals surface area contributed by atoms with Crippen LogP contribution in [0.5, 0.6) is 0 Å². The van der Waals surface area contributed by atoms with Gasteiger partial charge >= 0.3 is 0 Å². The molecular weight excluding hydrogens is 190 g/mol. The first-order valence-corrected chi connectivity index (χ1v) is 7.91. The van der Waals surface area contributed by atoms with Gasteiger partial charge < -0.3 is 9.41 Å². The fourth-order valence-corrected chi connectivity index (χ4v) is 3.59. The van der Waals surface area contributed by atoms with Crippen LogP contribution in [-0.4, -0.2) is 14.6 Å². The van der Waals surface area contributed by atoms with Gasteiger partial charge in [0.1, 0.15) is 0 Å². The quantitative estimate of drug-likeness (QED) is 0.769. The molecule has 0 fully saturated rings. The lowest BCUT2D eigenvalue weighted by Crippen LogP contribution is -2.42. The van der Waals surface area contributed by atoms with E-state index in [4.69, 9.17) is 4.43 Å². The minimum atomic E-state index is -1.76.